The van der Waals surface area contributed by atoms with E-state index < -0.39 is 0 Å². The molecule has 3 heteroatoms. The summed E-state index contributed by atoms with van der Waals surface area (Å²) in [6, 6.07) is 6.59. The lowest BCUT2D eigenvalue weighted by Gasteiger charge is -2.26. The Morgan fingerprint density at radius 2 is 2.28 bits per heavy atom. The van der Waals surface area contributed by atoms with Gasteiger partial charge in [-0.05, 0) is 37.3 Å². The van der Waals surface area contributed by atoms with Crippen LogP contribution in [0.15, 0.2) is 18.2 Å². The highest BCUT2D eigenvalue weighted by molar-refractivity contribution is 5.95. The minimum absolute atomic E-state index is 0.0958. The van der Waals surface area contributed by atoms with Crippen LogP contribution < -0.4 is 10.6 Å². The molecule has 1 amide bonds. The van der Waals surface area contributed by atoms with Crippen molar-refractivity contribution >= 4 is 17.3 Å². The molecule has 1 unspecified atom stereocenters. The normalized spacial score (nSPS) is 18.1. The van der Waals surface area contributed by atoms with E-state index in [1.807, 2.05) is 12.1 Å². The second kappa shape index (κ2) is 5.42. The van der Waals surface area contributed by atoms with Crippen LogP contribution in [-0.2, 0) is 11.2 Å². The molecule has 98 valence electrons. The number of nitrogens with one attached hydrogen (secondary N) is 2. The molecule has 3 nitrogen and oxygen atoms in total. The predicted molar refractivity (Wildman–Crippen MR) is 75.9 cm³/mol. The van der Waals surface area contributed by atoms with E-state index in [1.165, 1.54) is 5.56 Å². The lowest BCUT2D eigenvalue weighted by atomic mass is 9.98. The number of fused-ring (bicyclic) bond motifs is 1. The summed E-state index contributed by atoms with van der Waals surface area (Å²) in [5, 5.41) is 6.49. The van der Waals surface area contributed by atoms with Gasteiger partial charge < -0.3 is 10.6 Å². The number of amides is 1. The zero-order valence-electron chi connectivity index (χ0n) is 11.4. The van der Waals surface area contributed by atoms with Gasteiger partial charge in [-0.3, -0.25) is 4.79 Å². The summed E-state index contributed by atoms with van der Waals surface area (Å²) in [6.07, 6.45) is 2.80. The maximum Gasteiger partial charge on any atom is 0.224 e. The fourth-order valence-electron chi connectivity index (χ4n) is 2.35. The van der Waals surface area contributed by atoms with Crippen LogP contribution in [0, 0.1) is 5.92 Å². The number of para-hydroxylation sites is 1. The molecule has 0 radical (unpaired) electrons. The van der Waals surface area contributed by atoms with Crippen LogP contribution in [0.5, 0.6) is 0 Å². The molecule has 1 heterocycles. The van der Waals surface area contributed by atoms with Crippen molar-refractivity contribution in [1.29, 1.82) is 0 Å². The van der Waals surface area contributed by atoms with Crippen molar-refractivity contribution in [1.82, 2.24) is 0 Å². The van der Waals surface area contributed by atoms with Gasteiger partial charge in [0.1, 0.15) is 0 Å². The van der Waals surface area contributed by atoms with Gasteiger partial charge in [0.15, 0.2) is 0 Å². The zero-order chi connectivity index (χ0) is 13.1. The van der Waals surface area contributed by atoms with E-state index >= 15 is 0 Å². The van der Waals surface area contributed by atoms with Crippen LogP contribution in [0.1, 0.15) is 39.2 Å². The minimum Gasteiger partial charge on any atom is -0.381 e. The van der Waals surface area contributed by atoms with Crippen molar-refractivity contribution in [3.63, 3.8) is 0 Å². The highest BCUT2D eigenvalue weighted by atomic mass is 16.1. The molecule has 1 aromatic rings. The van der Waals surface area contributed by atoms with Gasteiger partial charge >= 0.3 is 0 Å². The molecule has 0 spiro atoms. The second-order valence-electron chi connectivity index (χ2n) is 5.57. The fourth-order valence-corrected chi connectivity index (χ4v) is 2.35. The maximum absolute atomic E-state index is 11.9. The molecular formula is C15H22N2O. The van der Waals surface area contributed by atoms with E-state index in [0.717, 1.165) is 24.2 Å². The number of carbonyl (C=O) groups is 1. The van der Waals surface area contributed by atoms with Crippen molar-refractivity contribution in [2.75, 3.05) is 10.6 Å². The van der Waals surface area contributed by atoms with Gasteiger partial charge in [0.2, 0.25) is 5.91 Å². The van der Waals surface area contributed by atoms with Crippen LogP contribution in [0.2, 0.25) is 0 Å². The second-order valence-corrected chi connectivity index (χ2v) is 5.57. The molecule has 1 atom stereocenters. The van der Waals surface area contributed by atoms with Gasteiger partial charge in [0.05, 0.1) is 11.4 Å². The van der Waals surface area contributed by atoms with E-state index in [4.69, 9.17) is 0 Å². The highest BCUT2D eigenvalue weighted by Gasteiger charge is 2.18. The first-order valence-electron chi connectivity index (χ1n) is 6.74. The van der Waals surface area contributed by atoms with Gasteiger partial charge in [-0.25, -0.2) is 0 Å². The number of carbonyl (C=O) groups excluding carboxylic acids is 1. The van der Waals surface area contributed by atoms with Gasteiger partial charge in [0.25, 0.3) is 0 Å². The Balaban J connectivity index is 2.16. The van der Waals surface area contributed by atoms with E-state index in [2.05, 4.69) is 37.5 Å². The molecule has 1 aliphatic heterocycles. The first-order valence-corrected chi connectivity index (χ1v) is 6.74. The lowest BCUT2D eigenvalue weighted by Crippen LogP contribution is -2.24. The fraction of sp³-hybridized carbons (Fsp3) is 0.533. The van der Waals surface area contributed by atoms with Crippen molar-refractivity contribution < 1.29 is 4.79 Å². The van der Waals surface area contributed by atoms with E-state index in [9.17, 15) is 4.79 Å². The third-order valence-electron chi connectivity index (χ3n) is 3.26. The number of hydrogen-bond donors (Lipinski definition) is 2. The topological polar surface area (TPSA) is 41.1 Å². The Hall–Kier alpha value is -1.51. The van der Waals surface area contributed by atoms with Crippen molar-refractivity contribution in [3.05, 3.63) is 23.8 Å². The van der Waals surface area contributed by atoms with E-state index in [-0.39, 0.29) is 5.91 Å². The molecule has 0 saturated heterocycles. The molecule has 2 N–H and O–H groups in total. The molecule has 0 saturated carbocycles. The van der Waals surface area contributed by atoms with Gasteiger partial charge in [-0.1, -0.05) is 26.0 Å². The lowest BCUT2D eigenvalue weighted by molar-refractivity contribution is -0.116. The standard InChI is InChI=1S/C15H22N2O/c1-10(2)9-14(18)17-13-6-4-5-12-8-7-11(3)16-15(12)13/h4-6,10-11,16H,7-9H2,1-3H3,(H,17,18). The molecule has 0 aromatic heterocycles. The van der Waals surface area contributed by atoms with Crippen molar-refractivity contribution in [3.8, 4) is 0 Å². The predicted octanol–water partition coefficient (Wildman–Crippen LogP) is 3.42. The van der Waals surface area contributed by atoms with Gasteiger partial charge in [-0.2, -0.15) is 0 Å². The first-order chi connectivity index (χ1) is 8.56. The molecule has 0 aliphatic carbocycles. The largest absolute Gasteiger partial charge is 0.381 e. The molecule has 18 heavy (non-hydrogen) atoms. The summed E-state index contributed by atoms with van der Waals surface area (Å²) < 4.78 is 0. The smallest absolute Gasteiger partial charge is 0.224 e. The van der Waals surface area contributed by atoms with Crippen LogP contribution in [-0.4, -0.2) is 11.9 Å². The quantitative estimate of drug-likeness (QED) is 0.858. The monoisotopic (exact) mass is 246 g/mol. The van der Waals surface area contributed by atoms with Gasteiger partial charge in [-0.15, -0.1) is 0 Å². The van der Waals surface area contributed by atoms with Crippen LogP contribution in [0.3, 0.4) is 0 Å². The van der Waals surface area contributed by atoms with Gasteiger partial charge in [0, 0.05) is 12.5 Å². The Morgan fingerprint density at radius 3 is 3.00 bits per heavy atom. The van der Waals surface area contributed by atoms with Crippen molar-refractivity contribution in [2.24, 2.45) is 5.92 Å². The SMILES string of the molecule is CC(C)CC(=O)Nc1cccc2c1NC(C)CC2. The third-order valence-corrected chi connectivity index (χ3v) is 3.26. The number of hydrogen-bond acceptors (Lipinski definition) is 2. The summed E-state index contributed by atoms with van der Waals surface area (Å²) in [7, 11) is 0. The Labute approximate surface area is 109 Å². The summed E-state index contributed by atoms with van der Waals surface area (Å²) >= 11 is 0. The van der Waals surface area contributed by atoms with Crippen molar-refractivity contribution in [2.45, 2.75) is 46.1 Å². The molecular weight excluding hydrogens is 224 g/mol. The summed E-state index contributed by atoms with van der Waals surface area (Å²) in [5.74, 6) is 0.481. The minimum atomic E-state index is 0.0958. The average Bonchev–Trinajstić information content (AvgIpc) is 2.28. The van der Waals surface area contributed by atoms with E-state index in [0.29, 0.717) is 18.4 Å². The number of aryl methyl sites for hydroxylation is 1. The highest BCUT2D eigenvalue weighted by Crippen LogP contribution is 2.32. The summed E-state index contributed by atoms with van der Waals surface area (Å²) in [6.45, 7) is 6.29. The molecule has 1 aliphatic rings. The number of anilines is 2. The Bertz CT molecular complexity index is 440. The molecule has 0 bridgehead atoms. The number of rotatable bonds is 3. The molecule has 1 aromatic carbocycles. The van der Waals surface area contributed by atoms with Crippen LogP contribution in [0.25, 0.3) is 0 Å². The summed E-state index contributed by atoms with van der Waals surface area (Å²) in [5.41, 5.74) is 3.33. The number of benzene rings is 1. The zero-order valence-corrected chi connectivity index (χ0v) is 11.4. The third kappa shape index (κ3) is 3.03. The van der Waals surface area contributed by atoms with Crippen LogP contribution in [0.4, 0.5) is 11.4 Å². The Morgan fingerprint density at radius 1 is 1.50 bits per heavy atom. The Kier molecular flexibility index (Phi) is 3.90. The summed E-state index contributed by atoms with van der Waals surface area (Å²) in [4.78, 5) is 11.9. The average molecular weight is 246 g/mol. The van der Waals surface area contributed by atoms with E-state index in [1.54, 1.807) is 0 Å². The maximum atomic E-state index is 11.9. The molecule has 0 fully saturated rings. The first kappa shape index (κ1) is 12.9. The van der Waals surface area contributed by atoms with Crippen LogP contribution >= 0.6 is 0 Å². The molecule has 2 rings (SSSR count).